The van der Waals surface area contributed by atoms with Gasteiger partial charge in [0.1, 0.15) is 5.82 Å². The van der Waals surface area contributed by atoms with Crippen LogP contribution in [-0.2, 0) is 0 Å². The van der Waals surface area contributed by atoms with E-state index >= 15 is 0 Å². The van der Waals surface area contributed by atoms with Gasteiger partial charge in [-0.1, -0.05) is 11.6 Å². The van der Waals surface area contributed by atoms with Gasteiger partial charge >= 0.3 is 0 Å². The Hall–Kier alpha value is -0.940. The van der Waals surface area contributed by atoms with E-state index in [1.54, 1.807) is 17.8 Å². The van der Waals surface area contributed by atoms with Crippen molar-refractivity contribution in [2.24, 2.45) is 0 Å². The van der Waals surface area contributed by atoms with Gasteiger partial charge in [0.05, 0.1) is 10.6 Å². The maximum Gasteiger partial charge on any atom is 0.253 e. The molecule has 0 aliphatic carbocycles. The van der Waals surface area contributed by atoms with Gasteiger partial charge in [-0.05, 0) is 38.3 Å². The number of hydrogen-bond donors (Lipinski definition) is 2. The van der Waals surface area contributed by atoms with Gasteiger partial charge in [-0.25, -0.2) is 4.98 Å². The van der Waals surface area contributed by atoms with Gasteiger partial charge in [-0.2, -0.15) is 11.8 Å². The smallest absolute Gasteiger partial charge is 0.253 e. The second-order valence-electron chi connectivity index (χ2n) is 4.24. The van der Waals surface area contributed by atoms with Gasteiger partial charge in [0.25, 0.3) is 5.91 Å². The summed E-state index contributed by atoms with van der Waals surface area (Å²) < 4.78 is 0. The minimum atomic E-state index is -0.153. The number of amides is 1. The van der Waals surface area contributed by atoms with E-state index in [0.29, 0.717) is 16.4 Å². The molecule has 0 radical (unpaired) electrons. The van der Waals surface area contributed by atoms with Crippen molar-refractivity contribution in [1.82, 2.24) is 10.3 Å². The van der Waals surface area contributed by atoms with E-state index in [9.17, 15) is 4.79 Å². The highest BCUT2D eigenvalue weighted by molar-refractivity contribution is 7.98. The number of halogens is 1. The quantitative estimate of drug-likeness (QED) is 0.813. The second kappa shape index (κ2) is 8.27. The molecule has 0 saturated heterocycles. The molecule has 1 amide bonds. The van der Waals surface area contributed by atoms with Crippen LogP contribution in [0.2, 0.25) is 5.02 Å². The summed E-state index contributed by atoms with van der Waals surface area (Å²) in [5, 5.41) is 6.38. The van der Waals surface area contributed by atoms with Crippen LogP contribution in [0.25, 0.3) is 0 Å². The molecule has 0 fully saturated rings. The number of thioether (sulfide) groups is 1. The average molecular weight is 302 g/mol. The zero-order chi connectivity index (χ0) is 14.3. The van der Waals surface area contributed by atoms with E-state index in [-0.39, 0.29) is 11.9 Å². The fourth-order valence-corrected chi connectivity index (χ4v) is 2.34. The van der Waals surface area contributed by atoms with Gasteiger partial charge in [-0.3, -0.25) is 4.79 Å². The third kappa shape index (κ3) is 5.28. The molecular weight excluding hydrogens is 282 g/mol. The highest BCUT2D eigenvalue weighted by Gasteiger charge is 2.14. The Kier molecular flexibility index (Phi) is 7.02. The van der Waals surface area contributed by atoms with Crippen molar-refractivity contribution in [3.63, 3.8) is 0 Å². The molecule has 0 spiro atoms. The number of hydrogen-bond acceptors (Lipinski definition) is 4. The molecule has 0 aliphatic rings. The van der Waals surface area contributed by atoms with Crippen LogP contribution >= 0.6 is 23.4 Å². The van der Waals surface area contributed by atoms with Gasteiger partial charge in [0.15, 0.2) is 0 Å². The summed E-state index contributed by atoms with van der Waals surface area (Å²) >= 11 is 7.79. The van der Waals surface area contributed by atoms with Crippen molar-refractivity contribution in [1.29, 1.82) is 0 Å². The molecule has 6 heteroatoms. The first-order chi connectivity index (χ1) is 9.08. The van der Waals surface area contributed by atoms with E-state index in [4.69, 9.17) is 11.6 Å². The van der Waals surface area contributed by atoms with Gasteiger partial charge < -0.3 is 10.6 Å². The van der Waals surface area contributed by atoms with Crippen LogP contribution in [0.5, 0.6) is 0 Å². The van der Waals surface area contributed by atoms with Crippen molar-refractivity contribution in [2.45, 2.75) is 26.3 Å². The zero-order valence-corrected chi connectivity index (χ0v) is 13.1. The minimum Gasteiger partial charge on any atom is -0.370 e. The molecular formula is C13H20ClN3OS. The Morgan fingerprint density at radius 3 is 2.95 bits per heavy atom. The van der Waals surface area contributed by atoms with Crippen LogP contribution in [-0.4, -0.2) is 35.5 Å². The van der Waals surface area contributed by atoms with E-state index in [1.165, 1.54) is 6.20 Å². The lowest BCUT2D eigenvalue weighted by atomic mass is 10.2. The van der Waals surface area contributed by atoms with E-state index in [1.807, 2.05) is 13.8 Å². The first-order valence-electron chi connectivity index (χ1n) is 6.27. The third-order valence-electron chi connectivity index (χ3n) is 2.59. The van der Waals surface area contributed by atoms with Gasteiger partial charge in [0.2, 0.25) is 0 Å². The van der Waals surface area contributed by atoms with Crippen LogP contribution in [0.4, 0.5) is 5.82 Å². The average Bonchev–Trinajstić information content (AvgIpc) is 2.38. The molecule has 1 heterocycles. The molecule has 1 aromatic rings. The number of rotatable bonds is 7. The van der Waals surface area contributed by atoms with Crippen LogP contribution in [0, 0.1) is 0 Å². The maximum absolute atomic E-state index is 12.1. The molecule has 0 aromatic carbocycles. The first kappa shape index (κ1) is 16.1. The highest BCUT2D eigenvalue weighted by Crippen LogP contribution is 2.18. The Morgan fingerprint density at radius 1 is 1.58 bits per heavy atom. The van der Waals surface area contributed by atoms with Gasteiger partial charge in [-0.15, -0.1) is 0 Å². The van der Waals surface area contributed by atoms with E-state index in [0.717, 1.165) is 18.7 Å². The minimum absolute atomic E-state index is 0.131. The summed E-state index contributed by atoms with van der Waals surface area (Å²) in [7, 11) is 0. The third-order valence-corrected chi connectivity index (χ3v) is 3.54. The van der Waals surface area contributed by atoms with Crippen molar-refractivity contribution in [2.75, 3.05) is 23.9 Å². The van der Waals surface area contributed by atoms with Crippen molar-refractivity contribution < 1.29 is 4.79 Å². The van der Waals surface area contributed by atoms with Crippen molar-refractivity contribution in [3.8, 4) is 0 Å². The normalized spacial score (nSPS) is 12.0. The summed E-state index contributed by atoms with van der Waals surface area (Å²) in [5.41, 5.74) is 0.462. The van der Waals surface area contributed by atoms with E-state index in [2.05, 4.69) is 21.9 Å². The fraction of sp³-hybridized carbons (Fsp3) is 0.538. The molecule has 0 saturated carbocycles. The molecule has 0 aliphatic heterocycles. The largest absolute Gasteiger partial charge is 0.370 e. The number of nitrogens with zero attached hydrogens (tertiary/aromatic N) is 1. The fourth-order valence-electron chi connectivity index (χ4n) is 1.56. The Balaban J connectivity index is 2.72. The molecule has 4 nitrogen and oxygen atoms in total. The predicted octanol–water partition coefficient (Wildman–Crippen LogP) is 3.04. The Labute approximate surface area is 123 Å². The number of carbonyl (C=O) groups is 1. The number of carbonyl (C=O) groups excluding carboxylic acids is 1. The van der Waals surface area contributed by atoms with Crippen LogP contribution in [0.3, 0.4) is 0 Å². The predicted molar refractivity (Wildman–Crippen MR) is 83.3 cm³/mol. The SMILES string of the molecule is CCNc1cc(C(=O)NC(C)CCSC)c(Cl)cn1. The van der Waals surface area contributed by atoms with Crippen LogP contribution in [0.15, 0.2) is 12.3 Å². The van der Waals surface area contributed by atoms with Crippen LogP contribution in [0.1, 0.15) is 30.6 Å². The summed E-state index contributed by atoms with van der Waals surface area (Å²) in [6.07, 6.45) is 4.49. The standard InChI is InChI=1S/C13H20ClN3OS/c1-4-15-12-7-10(11(14)8-16-12)13(18)17-9(2)5-6-19-3/h7-9H,4-6H2,1-3H3,(H,15,16)(H,17,18). The zero-order valence-electron chi connectivity index (χ0n) is 11.5. The van der Waals surface area contributed by atoms with Gasteiger partial charge in [0, 0.05) is 18.8 Å². The number of pyridine rings is 1. The molecule has 1 rings (SSSR count). The number of anilines is 1. The number of aromatic nitrogens is 1. The summed E-state index contributed by atoms with van der Waals surface area (Å²) in [6.45, 7) is 4.72. The Morgan fingerprint density at radius 2 is 2.32 bits per heavy atom. The maximum atomic E-state index is 12.1. The summed E-state index contributed by atoms with van der Waals surface area (Å²) in [6, 6.07) is 1.81. The van der Waals surface area contributed by atoms with Crippen molar-refractivity contribution in [3.05, 3.63) is 22.8 Å². The molecule has 19 heavy (non-hydrogen) atoms. The second-order valence-corrected chi connectivity index (χ2v) is 5.63. The lowest BCUT2D eigenvalue weighted by molar-refractivity contribution is 0.0939. The molecule has 1 unspecified atom stereocenters. The topological polar surface area (TPSA) is 54.0 Å². The molecule has 106 valence electrons. The lowest BCUT2D eigenvalue weighted by Crippen LogP contribution is -2.33. The lowest BCUT2D eigenvalue weighted by Gasteiger charge is -2.14. The molecule has 2 N–H and O–H groups in total. The van der Waals surface area contributed by atoms with E-state index < -0.39 is 0 Å². The first-order valence-corrected chi connectivity index (χ1v) is 8.04. The summed E-state index contributed by atoms with van der Waals surface area (Å²) in [4.78, 5) is 16.3. The van der Waals surface area contributed by atoms with Crippen molar-refractivity contribution >= 4 is 35.1 Å². The molecule has 1 aromatic heterocycles. The Bertz CT molecular complexity index is 428. The summed E-state index contributed by atoms with van der Waals surface area (Å²) in [5.74, 6) is 1.53. The monoisotopic (exact) mass is 301 g/mol. The molecule has 1 atom stereocenters. The highest BCUT2D eigenvalue weighted by atomic mass is 35.5. The molecule has 0 bridgehead atoms. The van der Waals surface area contributed by atoms with Crippen LogP contribution < -0.4 is 10.6 Å². The number of nitrogens with one attached hydrogen (secondary N) is 2.